The molecule has 1 aromatic rings. The first-order valence-corrected chi connectivity index (χ1v) is 7.11. The number of sulfonamides is 1. The van der Waals surface area contributed by atoms with E-state index in [1.54, 1.807) is 6.92 Å². The van der Waals surface area contributed by atoms with E-state index in [2.05, 4.69) is 4.74 Å². The molecule has 0 spiro atoms. The molecule has 0 aromatic heterocycles. The van der Waals surface area contributed by atoms with Crippen LogP contribution in [0.15, 0.2) is 23.1 Å². The number of methoxy groups -OCH3 is 1. The number of rotatable bonds is 5. The summed E-state index contributed by atoms with van der Waals surface area (Å²) in [6.45, 7) is 2.78. The molecule has 0 saturated carbocycles. The van der Waals surface area contributed by atoms with Gasteiger partial charge in [0.25, 0.3) is 0 Å². The number of carbonyl (C=O) groups is 2. The molecular weight excluding hydrogens is 286 g/mol. The van der Waals surface area contributed by atoms with E-state index >= 15 is 0 Å². The zero-order valence-electron chi connectivity index (χ0n) is 11.2. The van der Waals surface area contributed by atoms with Crippen LogP contribution >= 0.6 is 0 Å². The lowest BCUT2D eigenvalue weighted by molar-refractivity contribution is -0.138. The Morgan fingerprint density at radius 2 is 1.95 bits per heavy atom. The Balaban J connectivity index is 3.12. The predicted molar refractivity (Wildman–Crippen MR) is 69.9 cm³/mol. The van der Waals surface area contributed by atoms with Crippen LogP contribution in [0.25, 0.3) is 0 Å². The molecule has 1 aromatic carbocycles. The van der Waals surface area contributed by atoms with E-state index in [9.17, 15) is 18.0 Å². The highest BCUT2D eigenvalue weighted by Gasteiger charge is 2.22. The summed E-state index contributed by atoms with van der Waals surface area (Å²) in [4.78, 5) is 22.0. The molecule has 0 radical (unpaired) electrons. The van der Waals surface area contributed by atoms with Gasteiger partial charge in [0.05, 0.1) is 17.6 Å². The lowest BCUT2D eigenvalue weighted by Gasteiger charge is -2.11. The quantitative estimate of drug-likeness (QED) is 0.768. The Bertz CT molecular complexity index is 637. The van der Waals surface area contributed by atoms with Crippen molar-refractivity contribution < 1.29 is 27.9 Å². The van der Waals surface area contributed by atoms with Crippen molar-refractivity contribution in [1.82, 2.24) is 4.72 Å². The van der Waals surface area contributed by atoms with Crippen molar-refractivity contribution in [3.05, 3.63) is 29.3 Å². The van der Waals surface area contributed by atoms with Crippen molar-refractivity contribution in [2.24, 2.45) is 0 Å². The average molecular weight is 301 g/mol. The predicted octanol–water partition coefficient (Wildman–Crippen LogP) is 0.533. The Kier molecular flexibility index (Phi) is 4.85. The lowest BCUT2D eigenvalue weighted by Crippen LogP contribution is -2.38. The summed E-state index contributed by atoms with van der Waals surface area (Å²) in [5.74, 6) is -1.85. The van der Waals surface area contributed by atoms with Crippen LogP contribution in [-0.2, 0) is 19.6 Å². The fourth-order valence-electron chi connectivity index (χ4n) is 1.49. The maximum Gasteiger partial charge on any atom is 0.338 e. The van der Waals surface area contributed by atoms with Gasteiger partial charge in [0.2, 0.25) is 10.0 Å². The van der Waals surface area contributed by atoms with Gasteiger partial charge in [0.15, 0.2) is 0 Å². The monoisotopic (exact) mass is 301 g/mol. The first kappa shape index (κ1) is 16.1. The molecule has 0 bridgehead atoms. The maximum absolute atomic E-state index is 12.0. The van der Waals surface area contributed by atoms with Gasteiger partial charge in [-0.05, 0) is 37.6 Å². The molecule has 0 saturated heterocycles. The Morgan fingerprint density at radius 1 is 1.35 bits per heavy atom. The number of aryl methyl sites for hydroxylation is 1. The van der Waals surface area contributed by atoms with Gasteiger partial charge < -0.3 is 9.84 Å². The van der Waals surface area contributed by atoms with E-state index in [0.29, 0.717) is 5.56 Å². The first-order chi connectivity index (χ1) is 9.19. The fraction of sp³-hybridized carbons (Fsp3) is 0.333. The summed E-state index contributed by atoms with van der Waals surface area (Å²) in [6.07, 6.45) is 0. The molecule has 0 aliphatic heterocycles. The van der Waals surface area contributed by atoms with Gasteiger partial charge in [-0.3, -0.25) is 4.79 Å². The van der Waals surface area contributed by atoms with Gasteiger partial charge in [0.1, 0.15) is 6.04 Å². The maximum atomic E-state index is 12.0. The topological polar surface area (TPSA) is 110 Å². The largest absolute Gasteiger partial charge is 0.480 e. The molecule has 0 aliphatic rings. The smallest absolute Gasteiger partial charge is 0.338 e. The molecule has 0 amide bonds. The van der Waals surface area contributed by atoms with E-state index < -0.39 is 28.0 Å². The van der Waals surface area contributed by atoms with Gasteiger partial charge in [-0.2, -0.15) is 4.72 Å². The third-order valence-electron chi connectivity index (χ3n) is 2.62. The van der Waals surface area contributed by atoms with Crippen molar-refractivity contribution in [1.29, 1.82) is 0 Å². The highest BCUT2D eigenvalue weighted by atomic mass is 32.2. The molecule has 20 heavy (non-hydrogen) atoms. The van der Waals surface area contributed by atoms with Crippen molar-refractivity contribution in [3.8, 4) is 0 Å². The highest BCUT2D eigenvalue weighted by molar-refractivity contribution is 7.89. The van der Waals surface area contributed by atoms with E-state index in [1.807, 2.05) is 4.72 Å². The minimum absolute atomic E-state index is 0.115. The van der Waals surface area contributed by atoms with Gasteiger partial charge in [-0.15, -0.1) is 0 Å². The van der Waals surface area contributed by atoms with E-state index in [-0.39, 0.29) is 10.5 Å². The van der Waals surface area contributed by atoms with E-state index in [4.69, 9.17) is 5.11 Å². The molecule has 7 nitrogen and oxygen atoms in total. The van der Waals surface area contributed by atoms with Crippen molar-refractivity contribution >= 4 is 22.0 Å². The van der Waals surface area contributed by atoms with Crippen LogP contribution in [0.3, 0.4) is 0 Å². The zero-order valence-corrected chi connectivity index (χ0v) is 12.0. The van der Waals surface area contributed by atoms with Gasteiger partial charge >= 0.3 is 11.9 Å². The number of carbonyl (C=O) groups excluding carboxylic acids is 1. The van der Waals surface area contributed by atoms with Crippen LogP contribution in [0.5, 0.6) is 0 Å². The van der Waals surface area contributed by atoms with Crippen LogP contribution < -0.4 is 4.72 Å². The summed E-state index contributed by atoms with van der Waals surface area (Å²) in [6, 6.07) is 2.57. The van der Waals surface area contributed by atoms with E-state index in [1.165, 1.54) is 32.2 Å². The molecule has 8 heteroatoms. The lowest BCUT2D eigenvalue weighted by atomic mass is 10.1. The number of aliphatic carboxylic acids is 1. The number of esters is 1. The molecule has 2 N–H and O–H groups in total. The fourth-order valence-corrected chi connectivity index (χ4v) is 2.77. The number of hydrogen-bond donors (Lipinski definition) is 2. The summed E-state index contributed by atoms with van der Waals surface area (Å²) < 4.78 is 30.5. The second kappa shape index (κ2) is 6.02. The molecule has 110 valence electrons. The van der Waals surface area contributed by atoms with Crippen LogP contribution in [-0.4, -0.2) is 38.6 Å². The number of ether oxygens (including phenoxy) is 1. The number of hydrogen-bond acceptors (Lipinski definition) is 5. The molecular formula is C12H15NO6S. The van der Waals surface area contributed by atoms with Crippen molar-refractivity contribution in [3.63, 3.8) is 0 Å². The summed E-state index contributed by atoms with van der Waals surface area (Å²) in [5.41, 5.74) is 0.667. The van der Waals surface area contributed by atoms with Gasteiger partial charge in [-0.25, -0.2) is 13.2 Å². The van der Waals surface area contributed by atoms with E-state index in [0.717, 1.165) is 0 Å². The van der Waals surface area contributed by atoms with Crippen molar-refractivity contribution in [2.45, 2.75) is 24.8 Å². The molecule has 0 heterocycles. The average Bonchev–Trinajstić information content (AvgIpc) is 2.37. The second-order valence-electron chi connectivity index (χ2n) is 4.15. The van der Waals surface area contributed by atoms with Gasteiger partial charge in [0, 0.05) is 0 Å². The number of benzene rings is 1. The summed E-state index contributed by atoms with van der Waals surface area (Å²) in [7, 11) is -2.73. The standard InChI is InChI=1S/C12H15NO6S/c1-7-6-9(4-5-10(7)12(16)19-3)20(17,18)13-8(2)11(14)15/h4-6,8,13H,1-3H3,(H,14,15). The number of carboxylic acids is 1. The second-order valence-corrected chi connectivity index (χ2v) is 5.86. The Morgan fingerprint density at radius 3 is 2.40 bits per heavy atom. The van der Waals surface area contributed by atoms with Crippen LogP contribution in [0.4, 0.5) is 0 Å². The number of nitrogens with one attached hydrogen (secondary N) is 1. The minimum Gasteiger partial charge on any atom is -0.480 e. The van der Waals surface area contributed by atoms with Gasteiger partial charge in [-0.1, -0.05) is 0 Å². The molecule has 1 unspecified atom stereocenters. The Labute approximate surface area is 116 Å². The molecule has 1 atom stereocenters. The third kappa shape index (κ3) is 3.55. The summed E-state index contributed by atoms with van der Waals surface area (Å²) in [5, 5.41) is 8.71. The third-order valence-corrected chi connectivity index (χ3v) is 4.15. The van der Waals surface area contributed by atoms with Crippen LogP contribution in [0.2, 0.25) is 0 Å². The molecule has 1 rings (SSSR count). The van der Waals surface area contributed by atoms with Crippen molar-refractivity contribution in [2.75, 3.05) is 7.11 Å². The first-order valence-electron chi connectivity index (χ1n) is 5.63. The number of carboxylic acid groups (broad SMARTS) is 1. The minimum atomic E-state index is -3.96. The molecule has 0 aliphatic carbocycles. The molecule has 0 fully saturated rings. The Hall–Kier alpha value is -1.93. The zero-order chi connectivity index (χ0) is 15.5. The highest BCUT2D eigenvalue weighted by Crippen LogP contribution is 2.16. The summed E-state index contributed by atoms with van der Waals surface area (Å²) >= 11 is 0. The normalized spacial score (nSPS) is 12.8. The van der Waals surface area contributed by atoms with Crippen LogP contribution in [0, 0.1) is 6.92 Å². The van der Waals surface area contributed by atoms with Crippen LogP contribution in [0.1, 0.15) is 22.8 Å². The SMILES string of the molecule is COC(=O)c1ccc(S(=O)(=O)NC(C)C(=O)O)cc1C.